The van der Waals surface area contributed by atoms with Gasteiger partial charge in [0.2, 0.25) is 10.0 Å². The summed E-state index contributed by atoms with van der Waals surface area (Å²) in [7, 11) is -3.32. The van der Waals surface area contributed by atoms with Gasteiger partial charge in [-0.25, -0.2) is 8.42 Å². The predicted octanol–water partition coefficient (Wildman–Crippen LogP) is 2.03. The lowest BCUT2D eigenvalue weighted by atomic mass is 10.3. The smallest absolute Gasteiger partial charge is 0.232 e. The van der Waals surface area contributed by atoms with Crippen LogP contribution >= 0.6 is 11.6 Å². The molecule has 1 N–H and O–H groups in total. The lowest BCUT2D eigenvalue weighted by Gasteiger charge is -2.08. The fourth-order valence-corrected chi connectivity index (χ4v) is 3.00. The number of anilines is 1. The Bertz CT molecular complexity index is 626. The first-order valence-corrected chi connectivity index (χ1v) is 8.32. The van der Waals surface area contributed by atoms with Crippen LogP contribution in [-0.4, -0.2) is 35.0 Å². The highest BCUT2D eigenvalue weighted by atomic mass is 35.5. The minimum Gasteiger partial charge on any atom is -0.284 e. The zero-order valence-corrected chi connectivity index (χ0v) is 12.3. The number of benzene rings is 1. The molecule has 108 valence electrons. The van der Waals surface area contributed by atoms with Gasteiger partial charge in [-0.3, -0.25) is 4.72 Å². The number of aromatic nitrogens is 3. The molecule has 2 aromatic rings. The van der Waals surface area contributed by atoms with Crippen molar-refractivity contribution in [3.63, 3.8) is 0 Å². The van der Waals surface area contributed by atoms with E-state index in [1.54, 1.807) is 36.7 Å². The van der Waals surface area contributed by atoms with Crippen molar-refractivity contribution in [1.29, 1.82) is 0 Å². The highest BCUT2D eigenvalue weighted by Gasteiger charge is 2.10. The minimum atomic E-state index is -3.32. The first-order valence-electron chi connectivity index (χ1n) is 6.14. The number of halogens is 1. The van der Waals surface area contributed by atoms with Gasteiger partial charge in [0.15, 0.2) is 0 Å². The summed E-state index contributed by atoms with van der Waals surface area (Å²) >= 11 is 5.53. The SMILES string of the molecule is O=S(=O)(CCCCCl)Nc1ccc(-n2nccn2)cc1. The summed E-state index contributed by atoms with van der Waals surface area (Å²) in [5, 5.41) is 7.99. The average molecular weight is 315 g/mol. The van der Waals surface area contributed by atoms with Crippen molar-refractivity contribution in [2.75, 3.05) is 16.4 Å². The number of unbranched alkanes of at least 4 members (excludes halogenated alkanes) is 1. The van der Waals surface area contributed by atoms with E-state index < -0.39 is 10.0 Å². The van der Waals surface area contributed by atoms with Crippen LogP contribution in [0.4, 0.5) is 5.69 Å². The molecule has 8 heteroatoms. The van der Waals surface area contributed by atoms with Crippen LogP contribution in [0.15, 0.2) is 36.7 Å². The Morgan fingerprint density at radius 3 is 2.35 bits per heavy atom. The Balaban J connectivity index is 2.00. The number of rotatable bonds is 7. The second-order valence-corrected chi connectivity index (χ2v) is 6.40. The number of alkyl halides is 1. The van der Waals surface area contributed by atoms with Gasteiger partial charge in [0, 0.05) is 11.6 Å². The summed E-state index contributed by atoms with van der Waals surface area (Å²) in [4.78, 5) is 1.46. The summed E-state index contributed by atoms with van der Waals surface area (Å²) in [6.07, 6.45) is 4.39. The molecule has 0 amide bonds. The molecule has 0 aliphatic rings. The molecule has 0 saturated heterocycles. The second-order valence-electron chi connectivity index (χ2n) is 4.18. The number of nitrogens with zero attached hydrogens (tertiary/aromatic N) is 3. The minimum absolute atomic E-state index is 0.0716. The molecule has 6 nitrogen and oxygen atoms in total. The van der Waals surface area contributed by atoms with E-state index in [0.717, 1.165) is 5.69 Å². The lowest BCUT2D eigenvalue weighted by molar-refractivity contribution is 0.598. The normalized spacial score (nSPS) is 11.4. The van der Waals surface area contributed by atoms with Gasteiger partial charge in [0.25, 0.3) is 0 Å². The van der Waals surface area contributed by atoms with Crippen LogP contribution in [0.5, 0.6) is 0 Å². The van der Waals surface area contributed by atoms with Crippen LogP contribution in [0.25, 0.3) is 5.69 Å². The van der Waals surface area contributed by atoms with Crippen LogP contribution in [0.1, 0.15) is 12.8 Å². The standard InChI is InChI=1S/C12H15ClN4O2S/c13-7-1-2-10-20(18,19)16-11-3-5-12(6-4-11)17-14-8-9-15-17/h3-6,8-9,16H,1-2,7,10H2. The van der Waals surface area contributed by atoms with Crippen molar-refractivity contribution < 1.29 is 8.42 Å². The molecule has 0 aliphatic carbocycles. The van der Waals surface area contributed by atoms with Gasteiger partial charge in [0.05, 0.1) is 23.8 Å². The van der Waals surface area contributed by atoms with Crippen LogP contribution in [-0.2, 0) is 10.0 Å². The summed E-state index contributed by atoms with van der Waals surface area (Å²) in [5.41, 5.74) is 1.28. The Kier molecular flexibility index (Phi) is 4.97. The third-order valence-corrected chi connectivity index (χ3v) is 4.23. The average Bonchev–Trinajstić information content (AvgIpc) is 2.93. The van der Waals surface area contributed by atoms with Gasteiger partial charge < -0.3 is 0 Å². The van der Waals surface area contributed by atoms with Crippen molar-refractivity contribution >= 4 is 27.3 Å². The third kappa shape index (κ3) is 4.21. The summed E-state index contributed by atoms with van der Waals surface area (Å²) in [6.45, 7) is 0. The molecule has 0 bridgehead atoms. The van der Waals surface area contributed by atoms with Crippen molar-refractivity contribution in [2.24, 2.45) is 0 Å². The number of nitrogens with one attached hydrogen (secondary N) is 1. The van der Waals surface area contributed by atoms with Crippen molar-refractivity contribution in [3.8, 4) is 5.69 Å². The number of hydrogen-bond donors (Lipinski definition) is 1. The Hall–Kier alpha value is -1.60. The van der Waals surface area contributed by atoms with E-state index in [-0.39, 0.29) is 5.75 Å². The van der Waals surface area contributed by atoms with Gasteiger partial charge in [-0.2, -0.15) is 15.0 Å². The first-order chi connectivity index (χ1) is 9.61. The van der Waals surface area contributed by atoms with Crippen molar-refractivity contribution in [3.05, 3.63) is 36.7 Å². The zero-order valence-electron chi connectivity index (χ0n) is 10.7. The Morgan fingerprint density at radius 2 is 1.75 bits per heavy atom. The van der Waals surface area contributed by atoms with Gasteiger partial charge in [0.1, 0.15) is 0 Å². The van der Waals surface area contributed by atoms with Crippen LogP contribution < -0.4 is 4.72 Å². The molecule has 2 rings (SSSR count). The predicted molar refractivity (Wildman–Crippen MR) is 78.7 cm³/mol. The highest BCUT2D eigenvalue weighted by Crippen LogP contribution is 2.13. The molecule has 20 heavy (non-hydrogen) atoms. The van der Waals surface area contributed by atoms with Crippen molar-refractivity contribution in [2.45, 2.75) is 12.8 Å². The highest BCUT2D eigenvalue weighted by molar-refractivity contribution is 7.92. The monoisotopic (exact) mass is 314 g/mol. The second kappa shape index (κ2) is 6.71. The lowest BCUT2D eigenvalue weighted by Crippen LogP contribution is -2.16. The van der Waals surface area contributed by atoms with Crippen LogP contribution in [0.3, 0.4) is 0 Å². The zero-order chi connectivity index (χ0) is 14.4. The molecule has 0 radical (unpaired) electrons. The van der Waals surface area contributed by atoms with Gasteiger partial charge in [-0.15, -0.1) is 11.6 Å². The maximum atomic E-state index is 11.8. The molecule has 1 aromatic carbocycles. The van der Waals surface area contributed by atoms with Gasteiger partial charge in [-0.1, -0.05) is 0 Å². The molecule has 1 aromatic heterocycles. The molecule has 0 saturated carbocycles. The number of sulfonamides is 1. The fraction of sp³-hybridized carbons (Fsp3) is 0.333. The van der Waals surface area contributed by atoms with E-state index in [4.69, 9.17) is 11.6 Å². The van der Waals surface area contributed by atoms with E-state index in [1.165, 1.54) is 4.80 Å². The quantitative estimate of drug-likeness (QED) is 0.626. The van der Waals surface area contributed by atoms with Gasteiger partial charge in [-0.05, 0) is 37.1 Å². The van der Waals surface area contributed by atoms with Crippen LogP contribution in [0.2, 0.25) is 0 Å². The van der Waals surface area contributed by atoms with Crippen molar-refractivity contribution in [1.82, 2.24) is 15.0 Å². The fourth-order valence-electron chi connectivity index (χ4n) is 1.63. The largest absolute Gasteiger partial charge is 0.284 e. The molecular weight excluding hydrogens is 300 g/mol. The molecule has 1 heterocycles. The topological polar surface area (TPSA) is 76.9 Å². The Labute approximate surface area is 122 Å². The molecule has 0 spiro atoms. The summed E-state index contributed by atoms with van der Waals surface area (Å²) < 4.78 is 26.1. The maximum absolute atomic E-state index is 11.8. The number of hydrogen-bond acceptors (Lipinski definition) is 4. The summed E-state index contributed by atoms with van der Waals surface area (Å²) in [5.74, 6) is 0.545. The van der Waals surface area contributed by atoms with E-state index in [0.29, 0.717) is 24.4 Å². The molecular formula is C12H15ClN4O2S. The molecule has 0 fully saturated rings. The molecule has 0 aliphatic heterocycles. The van der Waals surface area contributed by atoms with E-state index in [1.807, 2.05) is 0 Å². The van der Waals surface area contributed by atoms with Gasteiger partial charge >= 0.3 is 0 Å². The van der Waals surface area contributed by atoms with Crippen LogP contribution in [0, 0.1) is 0 Å². The third-order valence-electron chi connectivity index (χ3n) is 2.59. The van der Waals surface area contributed by atoms with E-state index in [2.05, 4.69) is 14.9 Å². The summed E-state index contributed by atoms with van der Waals surface area (Å²) in [6, 6.07) is 6.85. The molecule has 0 atom stereocenters. The Morgan fingerprint density at radius 1 is 1.10 bits per heavy atom. The maximum Gasteiger partial charge on any atom is 0.232 e. The van der Waals surface area contributed by atoms with E-state index in [9.17, 15) is 8.42 Å². The first kappa shape index (κ1) is 14.8. The molecule has 0 unspecified atom stereocenters. The van der Waals surface area contributed by atoms with E-state index >= 15 is 0 Å².